The van der Waals surface area contributed by atoms with Gasteiger partial charge in [-0.3, -0.25) is 0 Å². The maximum absolute atomic E-state index is 11.5. The van der Waals surface area contributed by atoms with E-state index in [1.807, 2.05) is 25.3 Å². The number of rotatable bonds is 6. The van der Waals surface area contributed by atoms with Gasteiger partial charge in [-0.05, 0) is 45.1 Å². The molecule has 0 aliphatic rings. The van der Waals surface area contributed by atoms with Gasteiger partial charge in [0.2, 0.25) is 0 Å². The predicted octanol–water partition coefficient (Wildman–Crippen LogP) is 1.88. The van der Waals surface area contributed by atoms with Crippen molar-refractivity contribution in [3.8, 4) is 0 Å². The van der Waals surface area contributed by atoms with Gasteiger partial charge in [-0.1, -0.05) is 12.1 Å². The predicted molar refractivity (Wildman–Crippen MR) is 67.8 cm³/mol. The van der Waals surface area contributed by atoms with Crippen LogP contribution in [0.2, 0.25) is 0 Å². The summed E-state index contributed by atoms with van der Waals surface area (Å²) in [4.78, 5) is 15.7. The zero-order chi connectivity index (χ0) is 12.5. The van der Waals surface area contributed by atoms with Crippen LogP contribution in [0, 0.1) is 0 Å². The molecular weight excluding hydrogens is 216 g/mol. The van der Waals surface area contributed by atoms with Gasteiger partial charge in [0.1, 0.15) is 5.69 Å². The topological polar surface area (TPSA) is 51.2 Å². The summed E-state index contributed by atoms with van der Waals surface area (Å²) >= 11 is 0. The summed E-state index contributed by atoms with van der Waals surface area (Å²) < 4.78 is 4.89. The van der Waals surface area contributed by atoms with Crippen LogP contribution >= 0.6 is 0 Å². The number of carbonyl (C=O) groups excluding carboxylic acids is 1. The zero-order valence-corrected chi connectivity index (χ0v) is 10.3. The second kappa shape index (κ2) is 7.57. The van der Waals surface area contributed by atoms with E-state index in [1.54, 1.807) is 19.1 Å². The summed E-state index contributed by atoms with van der Waals surface area (Å²) in [6, 6.07) is 5.32. The van der Waals surface area contributed by atoms with Gasteiger partial charge in [0.15, 0.2) is 0 Å². The van der Waals surface area contributed by atoms with Crippen molar-refractivity contribution >= 4 is 12.0 Å². The fourth-order valence-electron chi connectivity index (χ4n) is 1.29. The molecule has 0 aliphatic heterocycles. The van der Waals surface area contributed by atoms with Gasteiger partial charge >= 0.3 is 5.97 Å². The first-order chi connectivity index (χ1) is 8.27. The van der Waals surface area contributed by atoms with E-state index in [1.165, 1.54) is 0 Å². The Bertz CT molecular complexity index is 389. The van der Waals surface area contributed by atoms with E-state index in [9.17, 15) is 4.79 Å². The molecule has 0 atom stereocenters. The number of ether oxygens (including phenoxy) is 1. The normalized spacial score (nSPS) is 10.7. The van der Waals surface area contributed by atoms with Crippen LogP contribution in [-0.4, -0.2) is 31.2 Å². The molecule has 0 unspecified atom stereocenters. The van der Waals surface area contributed by atoms with Crippen LogP contribution in [0.1, 0.15) is 29.5 Å². The number of nitrogens with one attached hydrogen (secondary N) is 1. The van der Waals surface area contributed by atoms with E-state index in [-0.39, 0.29) is 5.97 Å². The van der Waals surface area contributed by atoms with Crippen molar-refractivity contribution in [1.29, 1.82) is 0 Å². The van der Waals surface area contributed by atoms with Gasteiger partial charge in [0.25, 0.3) is 0 Å². The van der Waals surface area contributed by atoms with Crippen LogP contribution < -0.4 is 5.32 Å². The lowest BCUT2D eigenvalue weighted by molar-refractivity contribution is 0.0519. The molecule has 1 N–H and O–H groups in total. The minimum Gasteiger partial charge on any atom is -0.461 e. The highest BCUT2D eigenvalue weighted by Crippen LogP contribution is 2.04. The van der Waals surface area contributed by atoms with Crippen LogP contribution in [0.4, 0.5) is 0 Å². The fraction of sp³-hybridized carbons (Fsp3) is 0.385. The number of pyridine rings is 1. The third-order valence-electron chi connectivity index (χ3n) is 2.10. The van der Waals surface area contributed by atoms with E-state index in [4.69, 9.17) is 4.74 Å². The molecule has 0 aromatic carbocycles. The van der Waals surface area contributed by atoms with Crippen LogP contribution in [-0.2, 0) is 4.74 Å². The average Bonchev–Trinajstić information content (AvgIpc) is 2.35. The van der Waals surface area contributed by atoms with Crippen molar-refractivity contribution in [3.05, 3.63) is 35.7 Å². The number of nitrogens with zero attached hydrogens (tertiary/aromatic N) is 1. The van der Waals surface area contributed by atoms with Crippen molar-refractivity contribution in [2.24, 2.45) is 0 Å². The number of aromatic nitrogens is 1. The summed E-state index contributed by atoms with van der Waals surface area (Å²) in [6.45, 7) is 3.07. The third-order valence-corrected chi connectivity index (χ3v) is 2.10. The monoisotopic (exact) mass is 234 g/mol. The molecule has 1 aromatic rings. The minimum atomic E-state index is -0.377. The van der Waals surface area contributed by atoms with Gasteiger partial charge < -0.3 is 10.1 Å². The molecule has 0 saturated heterocycles. The van der Waals surface area contributed by atoms with Gasteiger partial charge in [-0.15, -0.1) is 0 Å². The van der Waals surface area contributed by atoms with Crippen molar-refractivity contribution in [3.63, 3.8) is 0 Å². The molecule has 92 valence electrons. The molecule has 1 aromatic heterocycles. The molecule has 0 radical (unpaired) electrons. The first kappa shape index (κ1) is 13.4. The van der Waals surface area contributed by atoms with E-state index in [2.05, 4.69) is 10.3 Å². The highest BCUT2D eigenvalue weighted by Gasteiger charge is 2.07. The highest BCUT2D eigenvalue weighted by molar-refractivity contribution is 5.87. The molecule has 4 heteroatoms. The first-order valence-corrected chi connectivity index (χ1v) is 5.73. The van der Waals surface area contributed by atoms with Crippen molar-refractivity contribution in [1.82, 2.24) is 10.3 Å². The fourth-order valence-corrected chi connectivity index (χ4v) is 1.29. The maximum Gasteiger partial charge on any atom is 0.356 e. The quantitative estimate of drug-likeness (QED) is 0.603. The second-order valence-corrected chi connectivity index (χ2v) is 3.46. The zero-order valence-electron chi connectivity index (χ0n) is 10.3. The van der Waals surface area contributed by atoms with E-state index in [0.717, 1.165) is 18.7 Å². The van der Waals surface area contributed by atoms with Crippen molar-refractivity contribution < 1.29 is 9.53 Å². The van der Waals surface area contributed by atoms with Crippen LogP contribution in [0.15, 0.2) is 24.3 Å². The van der Waals surface area contributed by atoms with Gasteiger partial charge in [-0.25, -0.2) is 9.78 Å². The molecule has 0 bridgehead atoms. The molecule has 0 spiro atoms. The lowest BCUT2D eigenvalue weighted by atomic mass is 10.2. The second-order valence-electron chi connectivity index (χ2n) is 3.46. The molecule has 0 fully saturated rings. The van der Waals surface area contributed by atoms with Gasteiger partial charge in [-0.2, -0.15) is 0 Å². The standard InChI is InChI=1S/C13H18N2O2/c1-3-17-13(16)12-9-6-8-11(15-12)7-4-5-10-14-2/h4,6-9,14H,3,5,10H2,1-2H3. The Kier molecular flexibility index (Phi) is 5.96. The minimum absolute atomic E-state index is 0.350. The maximum atomic E-state index is 11.5. The first-order valence-electron chi connectivity index (χ1n) is 5.73. The van der Waals surface area contributed by atoms with E-state index < -0.39 is 0 Å². The molecule has 0 aliphatic carbocycles. The number of esters is 1. The molecule has 1 rings (SSSR count). The largest absolute Gasteiger partial charge is 0.461 e. The smallest absolute Gasteiger partial charge is 0.356 e. The van der Waals surface area contributed by atoms with Crippen LogP contribution in [0.25, 0.3) is 6.08 Å². The Morgan fingerprint density at radius 3 is 3.06 bits per heavy atom. The van der Waals surface area contributed by atoms with Crippen LogP contribution in [0.3, 0.4) is 0 Å². The van der Waals surface area contributed by atoms with Crippen molar-refractivity contribution in [2.45, 2.75) is 13.3 Å². The Hall–Kier alpha value is -1.68. The third kappa shape index (κ3) is 4.78. The Balaban J connectivity index is 2.65. The number of carbonyl (C=O) groups is 1. The summed E-state index contributed by atoms with van der Waals surface area (Å²) in [6.07, 6.45) is 4.86. The van der Waals surface area contributed by atoms with E-state index >= 15 is 0 Å². The summed E-state index contributed by atoms with van der Waals surface area (Å²) in [5.74, 6) is -0.377. The summed E-state index contributed by atoms with van der Waals surface area (Å²) in [7, 11) is 1.91. The Morgan fingerprint density at radius 2 is 2.35 bits per heavy atom. The average molecular weight is 234 g/mol. The molecule has 0 amide bonds. The summed E-state index contributed by atoms with van der Waals surface area (Å²) in [5, 5.41) is 3.05. The Labute approximate surface area is 102 Å². The molecule has 4 nitrogen and oxygen atoms in total. The molecule has 17 heavy (non-hydrogen) atoms. The SMILES string of the molecule is CCOC(=O)c1cccc(C=CCCNC)n1. The molecule has 0 saturated carbocycles. The molecular formula is C13H18N2O2. The lowest BCUT2D eigenvalue weighted by Gasteiger charge is -2.01. The summed E-state index contributed by atoms with van der Waals surface area (Å²) in [5.41, 5.74) is 1.12. The van der Waals surface area contributed by atoms with Crippen molar-refractivity contribution in [2.75, 3.05) is 20.2 Å². The highest BCUT2D eigenvalue weighted by atomic mass is 16.5. The molecule has 1 heterocycles. The number of hydrogen-bond acceptors (Lipinski definition) is 4. The van der Waals surface area contributed by atoms with Gasteiger partial charge in [0.05, 0.1) is 12.3 Å². The Morgan fingerprint density at radius 1 is 1.53 bits per heavy atom. The van der Waals surface area contributed by atoms with Gasteiger partial charge in [0, 0.05) is 0 Å². The van der Waals surface area contributed by atoms with E-state index in [0.29, 0.717) is 12.3 Å². The van der Waals surface area contributed by atoms with Crippen LogP contribution in [0.5, 0.6) is 0 Å². The number of hydrogen-bond donors (Lipinski definition) is 1. The lowest BCUT2D eigenvalue weighted by Crippen LogP contribution is -2.07.